The van der Waals surface area contributed by atoms with Crippen LogP contribution in [0.2, 0.25) is 0 Å². The molecule has 1 unspecified atom stereocenters. The highest BCUT2D eigenvalue weighted by Crippen LogP contribution is 2.35. The Hall–Kier alpha value is -1.32. The number of aromatic amines is 1. The van der Waals surface area contributed by atoms with Gasteiger partial charge >= 0.3 is 0 Å². The van der Waals surface area contributed by atoms with Crippen LogP contribution >= 0.6 is 11.3 Å². The van der Waals surface area contributed by atoms with Crippen molar-refractivity contribution in [3.8, 4) is 0 Å². The highest BCUT2D eigenvalue weighted by atomic mass is 32.1. The van der Waals surface area contributed by atoms with Crippen LogP contribution in [0.5, 0.6) is 0 Å². The molecule has 1 atom stereocenters. The minimum Gasteiger partial charge on any atom is -0.358 e. The summed E-state index contributed by atoms with van der Waals surface area (Å²) in [7, 11) is 0. The van der Waals surface area contributed by atoms with Crippen LogP contribution in [0.3, 0.4) is 0 Å². The summed E-state index contributed by atoms with van der Waals surface area (Å²) in [6, 6.07) is 7.45. The zero-order valence-corrected chi connectivity index (χ0v) is 12.9. The first-order valence-corrected chi connectivity index (χ1v) is 8.39. The molecule has 1 aliphatic heterocycles. The molecule has 1 aliphatic rings. The fourth-order valence-corrected chi connectivity index (χ4v) is 4.22. The molecule has 0 aliphatic carbocycles. The van der Waals surface area contributed by atoms with Crippen molar-refractivity contribution in [3.05, 3.63) is 34.8 Å². The van der Waals surface area contributed by atoms with Crippen molar-refractivity contribution in [2.75, 3.05) is 6.54 Å². The third-order valence-electron chi connectivity index (χ3n) is 4.81. The summed E-state index contributed by atoms with van der Waals surface area (Å²) >= 11 is 1.84. The highest BCUT2D eigenvalue weighted by molar-refractivity contribution is 7.17. The molecule has 2 aromatic heterocycles. The molecule has 3 heterocycles. The Bertz CT molecular complexity index is 768. The lowest BCUT2D eigenvalue weighted by atomic mass is 10.0. The van der Waals surface area contributed by atoms with E-state index in [0.29, 0.717) is 6.04 Å². The molecule has 1 aromatic carbocycles. The molecule has 20 heavy (non-hydrogen) atoms. The van der Waals surface area contributed by atoms with Gasteiger partial charge in [-0.05, 0) is 42.5 Å². The van der Waals surface area contributed by atoms with E-state index < -0.39 is 0 Å². The lowest BCUT2D eigenvalue weighted by Gasteiger charge is -2.32. The second-order valence-electron chi connectivity index (χ2n) is 5.88. The van der Waals surface area contributed by atoms with E-state index in [1.165, 1.54) is 45.2 Å². The predicted octanol–water partition coefficient (Wildman–Crippen LogP) is 4.54. The van der Waals surface area contributed by atoms with Gasteiger partial charge in [0.05, 0.1) is 0 Å². The fourth-order valence-electron chi connectivity index (χ4n) is 3.42. The molecule has 4 rings (SSSR count). The number of rotatable bonds is 2. The largest absolute Gasteiger partial charge is 0.358 e. The van der Waals surface area contributed by atoms with Crippen LogP contribution in [-0.2, 0) is 13.0 Å². The van der Waals surface area contributed by atoms with Gasteiger partial charge in [0.25, 0.3) is 0 Å². The van der Waals surface area contributed by atoms with E-state index in [0.717, 1.165) is 13.0 Å². The minimum absolute atomic E-state index is 0.676. The van der Waals surface area contributed by atoms with Crippen LogP contribution in [0.4, 0.5) is 0 Å². The van der Waals surface area contributed by atoms with Crippen LogP contribution in [0.15, 0.2) is 23.6 Å². The van der Waals surface area contributed by atoms with E-state index in [1.807, 2.05) is 11.3 Å². The first-order chi connectivity index (χ1) is 9.78. The summed E-state index contributed by atoms with van der Waals surface area (Å²) < 4.78 is 1.40. The van der Waals surface area contributed by atoms with Crippen molar-refractivity contribution >= 4 is 32.3 Å². The quantitative estimate of drug-likeness (QED) is 0.732. The predicted molar refractivity (Wildman–Crippen MR) is 87.5 cm³/mol. The van der Waals surface area contributed by atoms with Crippen molar-refractivity contribution < 1.29 is 0 Å². The maximum absolute atomic E-state index is 3.65. The van der Waals surface area contributed by atoms with Crippen molar-refractivity contribution in [1.29, 1.82) is 0 Å². The summed E-state index contributed by atoms with van der Waals surface area (Å²) in [5, 5.41) is 5.10. The molecule has 1 N–H and O–H groups in total. The summed E-state index contributed by atoms with van der Waals surface area (Å²) in [6.07, 6.45) is 2.38. The SMILES string of the molecule is CCC(C)N1CCc2[nH]c3ccc4sccc4c3c2C1. The van der Waals surface area contributed by atoms with Gasteiger partial charge in [-0.15, -0.1) is 11.3 Å². The van der Waals surface area contributed by atoms with Gasteiger partial charge in [-0.2, -0.15) is 0 Å². The molecule has 2 nitrogen and oxygen atoms in total. The zero-order chi connectivity index (χ0) is 13.7. The van der Waals surface area contributed by atoms with Crippen LogP contribution in [0, 0.1) is 0 Å². The van der Waals surface area contributed by atoms with Gasteiger partial charge in [-0.25, -0.2) is 0 Å². The first-order valence-electron chi connectivity index (χ1n) is 7.51. The van der Waals surface area contributed by atoms with Crippen LogP contribution in [0.25, 0.3) is 21.0 Å². The van der Waals surface area contributed by atoms with E-state index in [1.54, 1.807) is 0 Å². The standard InChI is InChI=1S/C17H20N2S/c1-3-11(2)19-8-6-14-13(10-19)17-12-7-9-20-16(12)5-4-15(17)18-14/h4-5,7,9,11,18H,3,6,8,10H2,1-2H3. The van der Waals surface area contributed by atoms with Gasteiger partial charge in [-0.3, -0.25) is 4.90 Å². The van der Waals surface area contributed by atoms with Gasteiger partial charge in [-0.1, -0.05) is 6.92 Å². The van der Waals surface area contributed by atoms with Gasteiger partial charge in [0, 0.05) is 52.2 Å². The van der Waals surface area contributed by atoms with E-state index in [-0.39, 0.29) is 0 Å². The average Bonchev–Trinajstić information content (AvgIpc) is 3.08. The fraction of sp³-hybridized carbons (Fsp3) is 0.412. The van der Waals surface area contributed by atoms with Crippen molar-refractivity contribution in [1.82, 2.24) is 9.88 Å². The summed E-state index contributed by atoms with van der Waals surface area (Å²) in [5.41, 5.74) is 4.31. The summed E-state index contributed by atoms with van der Waals surface area (Å²) in [5.74, 6) is 0. The van der Waals surface area contributed by atoms with E-state index in [4.69, 9.17) is 0 Å². The maximum atomic E-state index is 3.65. The molecule has 3 heteroatoms. The second kappa shape index (κ2) is 4.61. The molecule has 0 spiro atoms. The Morgan fingerprint density at radius 3 is 3.10 bits per heavy atom. The van der Waals surface area contributed by atoms with Gasteiger partial charge in [0.1, 0.15) is 0 Å². The number of H-pyrrole nitrogens is 1. The Kier molecular flexibility index (Phi) is 2.86. The van der Waals surface area contributed by atoms with E-state index in [9.17, 15) is 0 Å². The monoisotopic (exact) mass is 284 g/mol. The molecular formula is C17H20N2S. The Balaban J connectivity index is 1.90. The number of thiophene rings is 1. The molecule has 0 saturated carbocycles. The normalized spacial score (nSPS) is 17.7. The second-order valence-corrected chi connectivity index (χ2v) is 6.83. The number of aromatic nitrogens is 1. The third-order valence-corrected chi connectivity index (χ3v) is 5.69. The lowest BCUT2D eigenvalue weighted by Crippen LogP contribution is -2.37. The first kappa shape index (κ1) is 12.4. The molecule has 0 amide bonds. The number of nitrogens with one attached hydrogen (secondary N) is 1. The Morgan fingerprint density at radius 1 is 1.35 bits per heavy atom. The number of hydrogen-bond donors (Lipinski definition) is 1. The molecule has 3 aromatic rings. The molecule has 104 valence electrons. The van der Waals surface area contributed by atoms with E-state index >= 15 is 0 Å². The van der Waals surface area contributed by atoms with Crippen molar-refractivity contribution in [3.63, 3.8) is 0 Å². The molecular weight excluding hydrogens is 264 g/mol. The zero-order valence-electron chi connectivity index (χ0n) is 12.1. The summed E-state index contributed by atoms with van der Waals surface area (Å²) in [6.45, 7) is 6.91. The average molecular weight is 284 g/mol. The Morgan fingerprint density at radius 2 is 2.25 bits per heavy atom. The Labute approximate surface area is 123 Å². The van der Waals surface area contributed by atoms with Gasteiger partial charge in [0.2, 0.25) is 0 Å². The van der Waals surface area contributed by atoms with Gasteiger partial charge in [0.15, 0.2) is 0 Å². The van der Waals surface area contributed by atoms with E-state index in [2.05, 4.69) is 47.3 Å². The number of fused-ring (bicyclic) bond motifs is 5. The lowest BCUT2D eigenvalue weighted by molar-refractivity contribution is 0.186. The van der Waals surface area contributed by atoms with Crippen LogP contribution in [0.1, 0.15) is 31.5 Å². The molecule has 0 saturated heterocycles. The molecule has 0 bridgehead atoms. The molecule has 0 radical (unpaired) electrons. The number of nitrogens with zero attached hydrogens (tertiary/aromatic N) is 1. The summed E-state index contributed by atoms with van der Waals surface area (Å²) in [4.78, 5) is 6.28. The van der Waals surface area contributed by atoms with Crippen molar-refractivity contribution in [2.24, 2.45) is 0 Å². The number of benzene rings is 1. The third kappa shape index (κ3) is 1.73. The minimum atomic E-state index is 0.676. The van der Waals surface area contributed by atoms with Crippen molar-refractivity contribution in [2.45, 2.75) is 39.3 Å². The highest BCUT2D eigenvalue weighted by Gasteiger charge is 2.24. The molecule has 0 fully saturated rings. The number of hydrogen-bond acceptors (Lipinski definition) is 2. The maximum Gasteiger partial charge on any atom is 0.0466 e. The topological polar surface area (TPSA) is 19.0 Å². The smallest absolute Gasteiger partial charge is 0.0466 e. The van der Waals surface area contributed by atoms with Crippen LogP contribution in [-0.4, -0.2) is 22.5 Å². The van der Waals surface area contributed by atoms with Gasteiger partial charge < -0.3 is 4.98 Å². The van der Waals surface area contributed by atoms with Crippen LogP contribution < -0.4 is 0 Å².